The maximum Gasteiger partial charge on any atom is 0.305 e. The molecule has 0 saturated heterocycles. The Bertz CT molecular complexity index is 586. The largest absolute Gasteiger partial charge is 0.490 e. The number of hydrogen-bond acceptors (Lipinski definition) is 4. The number of amides is 1. The molecule has 23 heavy (non-hydrogen) atoms. The summed E-state index contributed by atoms with van der Waals surface area (Å²) in [6.07, 6.45) is 2.86. The summed E-state index contributed by atoms with van der Waals surface area (Å²) in [5.41, 5.74) is 0.761. The van der Waals surface area contributed by atoms with E-state index >= 15 is 0 Å². The summed E-state index contributed by atoms with van der Waals surface area (Å²) in [6, 6.07) is 3.59. The number of halogens is 1. The standard InChI is InChI=1S/C16H20BrNO5/c1-3-22-13-10-11(9-12(17)16(13)23-4-2)5-6-14(19)18-8-7-15(20)21/h5-6,9-10H,3-4,7-8H2,1-2H3,(H,18,19)(H,20,21)/b6-5+. The minimum Gasteiger partial charge on any atom is -0.490 e. The van der Waals surface area contributed by atoms with Crippen LogP contribution in [0.1, 0.15) is 25.8 Å². The predicted octanol–water partition coefficient (Wildman–Crippen LogP) is 2.85. The Morgan fingerprint density at radius 2 is 1.96 bits per heavy atom. The van der Waals surface area contributed by atoms with Crippen LogP contribution < -0.4 is 14.8 Å². The normalized spacial score (nSPS) is 10.6. The number of benzene rings is 1. The second-order valence-corrected chi connectivity index (χ2v) is 5.32. The van der Waals surface area contributed by atoms with Crippen LogP contribution in [0.15, 0.2) is 22.7 Å². The molecule has 0 aliphatic rings. The van der Waals surface area contributed by atoms with Crippen LogP contribution in [0.5, 0.6) is 11.5 Å². The summed E-state index contributed by atoms with van der Waals surface area (Å²) in [5.74, 6) is -0.0904. The van der Waals surface area contributed by atoms with E-state index in [0.717, 1.165) is 10.0 Å². The lowest BCUT2D eigenvalue weighted by molar-refractivity contribution is -0.136. The van der Waals surface area contributed by atoms with Crippen LogP contribution >= 0.6 is 15.9 Å². The number of carboxylic acid groups (broad SMARTS) is 1. The van der Waals surface area contributed by atoms with Crippen LogP contribution in [0.25, 0.3) is 6.08 Å². The SMILES string of the molecule is CCOc1cc(/C=C/C(=O)NCCC(=O)O)cc(Br)c1OCC. The number of rotatable bonds is 9. The maximum absolute atomic E-state index is 11.6. The first-order valence-corrected chi connectivity index (χ1v) is 8.04. The van der Waals surface area contributed by atoms with Crippen LogP contribution in [-0.4, -0.2) is 36.7 Å². The average molecular weight is 386 g/mol. The van der Waals surface area contributed by atoms with Crippen LogP contribution in [-0.2, 0) is 9.59 Å². The second kappa shape index (κ2) is 9.89. The van der Waals surface area contributed by atoms with Gasteiger partial charge in [-0.2, -0.15) is 0 Å². The number of carboxylic acids is 1. The summed E-state index contributed by atoms with van der Waals surface area (Å²) in [5, 5.41) is 11.0. The summed E-state index contributed by atoms with van der Waals surface area (Å²) < 4.78 is 11.8. The van der Waals surface area contributed by atoms with E-state index in [9.17, 15) is 9.59 Å². The summed E-state index contributed by atoms with van der Waals surface area (Å²) in [4.78, 5) is 22.0. The molecule has 0 bridgehead atoms. The predicted molar refractivity (Wildman–Crippen MR) is 90.8 cm³/mol. The van der Waals surface area contributed by atoms with Crippen molar-refractivity contribution in [3.05, 3.63) is 28.2 Å². The van der Waals surface area contributed by atoms with Gasteiger partial charge in [0.1, 0.15) is 0 Å². The summed E-state index contributed by atoms with van der Waals surface area (Å²) >= 11 is 3.43. The molecule has 126 valence electrons. The van der Waals surface area contributed by atoms with Crippen molar-refractivity contribution in [3.63, 3.8) is 0 Å². The number of nitrogens with one attached hydrogen (secondary N) is 1. The molecular weight excluding hydrogens is 366 g/mol. The molecule has 0 aromatic heterocycles. The van der Waals surface area contributed by atoms with Gasteiger partial charge < -0.3 is 19.9 Å². The molecule has 7 heteroatoms. The van der Waals surface area contributed by atoms with Crippen molar-refractivity contribution in [2.45, 2.75) is 20.3 Å². The van der Waals surface area contributed by atoms with Crippen LogP contribution in [0.3, 0.4) is 0 Å². The highest BCUT2D eigenvalue weighted by molar-refractivity contribution is 9.10. The van der Waals surface area contributed by atoms with E-state index in [0.29, 0.717) is 24.7 Å². The molecule has 1 amide bonds. The number of aliphatic carboxylic acids is 1. The molecule has 0 aliphatic carbocycles. The van der Waals surface area contributed by atoms with Crippen molar-refractivity contribution in [2.75, 3.05) is 19.8 Å². The number of carbonyl (C=O) groups is 2. The summed E-state index contributed by atoms with van der Waals surface area (Å²) in [6.45, 7) is 4.87. The first-order valence-electron chi connectivity index (χ1n) is 7.24. The van der Waals surface area contributed by atoms with Crippen molar-refractivity contribution >= 4 is 33.9 Å². The van der Waals surface area contributed by atoms with Gasteiger partial charge in [-0.3, -0.25) is 9.59 Å². The van der Waals surface area contributed by atoms with E-state index in [1.54, 1.807) is 12.1 Å². The van der Waals surface area contributed by atoms with Gasteiger partial charge in [0.05, 0.1) is 24.1 Å². The lowest BCUT2D eigenvalue weighted by Crippen LogP contribution is -2.23. The highest BCUT2D eigenvalue weighted by Gasteiger charge is 2.11. The maximum atomic E-state index is 11.6. The molecule has 6 nitrogen and oxygen atoms in total. The van der Waals surface area contributed by atoms with E-state index in [1.165, 1.54) is 6.08 Å². The quantitative estimate of drug-likeness (QED) is 0.638. The van der Waals surface area contributed by atoms with Crippen molar-refractivity contribution in [1.82, 2.24) is 5.32 Å². The monoisotopic (exact) mass is 385 g/mol. The lowest BCUT2D eigenvalue weighted by Gasteiger charge is -2.13. The molecule has 0 saturated carbocycles. The fraction of sp³-hybridized carbons (Fsp3) is 0.375. The van der Waals surface area contributed by atoms with Gasteiger partial charge in [-0.05, 0) is 53.5 Å². The second-order valence-electron chi connectivity index (χ2n) is 4.46. The van der Waals surface area contributed by atoms with Gasteiger partial charge in [-0.1, -0.05) is 0 Å². The highest BCUT2D eigenvalue weighted by Crippen LogP contribution is 2.37. The zero-order valence-electron chi connectivity index (χ0n) is 13.1. The van der Waals surface area contributed by atoms with Gasteiger partial charge in [0.15, 0.2) is 11.5 Å². The van der Waals surface area contributed by atoms with E-state index in [2.05, 4.69) is 21.2 Å². The Labute approximate surface area is 143 Å². The third-order valence-corrected chi connectivity index (χ3v) is 3.27. The molecule has 1 rings (SSSR count). The van der Waals surface area contributed by atoms with Gasteiger partial charge in [-0.25, -0.2) is 0 Å². The first-order chi connectivity index (χ1) is 11.0. The zero-order chi connectivity index (χ0) is 17.2. The Balaban J connectivity index is 2.81. The van der Waals surface area contributed by atoms with Crippen molar-refractivity contribution < 1.29 is 24.2 Å². The summed E-state index contributed by atoms with van der Waals surface area (Å²) in [7, 11) is 0. The first kappa shape index (κ1) is 19.0. The van der Waals surface area contributed by atoms with E-state index < -0.39 is 5.97 Å². The molecule has 0 aliphatic heterocycles. The molecule has 2 N–H and O–H groups in total. The minimum atomic E-state index is -0.953. The Morgan fingerprint density at radius 1 is 1.26 bits per heavy atom. The van der Waals surface area contributed by atoms with Gasteiger partial charge >= 0.3 is 5.97 Å². The van der Waals surface area contributed by atoms with E-state index in [1.807, 2.05) is 19.9 Å². The van der Waals surface area contributed by atoms with Gasteiger partial charge in [0.25, 0.3) is 0 Å². The molecule has 0 spiro atoms. The van der Waals surface area contributed by atoms with Crippen LogP contribution in [0.4, 0.5) is 0 Å². The smallest absolute Gasteiger partial charge is 0.305 e. The third kappa shape index (κ3) is 6.73. The van der Waals surface area contributed by atoms with Gasteiger partial charge in [0, 0.05) is 12.6 Å². The number of ether oxygens (including phenoxy) is 2. The molecule has 0 unspecified atom stereocenters. The number of carbonyl (C=O) groups excluding carboxylic acids is 1. The van der Waals surface area contributed by atoms with E-state index in [4.69, 9.17) is 14.6 Å². The lowest BCUT2D eigenvalue weighted by atomic mass is 10.2. The Hall–Kier alpha value is -2.02. The minimum absolute atomic E-state index is 0.0929. The van der Waals surface area contributed by atoms with Gasteiger partial charge in [-0.15, -0.1) is 0 Å². The van der Waals surface area contributed by atoms with Crippen molar-refractivity contribution in [2.24, 2.45) is 0 Å². The third-order valence-electron chi connectivity index (χ3n) is 2.69. The number of hydrogen-bond donors (Lipinski definition) is 2. The molecule has 1 aromatic carbocycles. The fourth-order valence-corrected chi connectivity index (χ4v) is 2.33. The van der Waals surface area contributed by atoms with Crippen LogP contribution in [0.2, 0.25) is 0 Å². The molecule has 0 radical (unpaired) electrons. The average Bonchev–Trinajstić information content (AvgIpc) is 2.48. The van der Waals surface area contributed by atoms with E-state index in [-0.39, 0.29) is 18.9 Å². The molecule has 0 atom stereocenters. The topological polar surface area (TPSA) is 84.9 Å². The molecule has 0 fully saturated rings. The van der Waals surface area contributed by atoms with Crippen LogP contribution in [0, 0.1) is 0 Å². The zero-order valence-corrected chi connectivity index (χ0v) is 14.7. The molecule has 1 aromatic rings. The molecule has 0 heterocycles. The fourth-order valence-electron chi connectivity index (χ4n) is 1.75. The molecular formula is C16H20BrNO5. The highest BCUT2D eigenvalue weighted by atomic mass is 79.9. The van der Waals surface area contributed by atoms with Crippen molar-refractivity contribution in [1.29, 1.82) is 0 Å². The van der Waals surface area contributed by atoms with Crippen molar-refractivity contribution in [3.8, 4) is 11.5 Å². The Morgan fingerprint density at radius 3 is 2.57 bits per heavy atom. The Kier molecular flexibility index (Phi) is 8.18. The van der Waals surface area contributed by atoms with Gasteiger partial charge in [0.2, 0.25) is 5.91 Å².